The molecule has 1 fully saturated rings. The molecule has 1 heterocycles. The van der Waals surface area contributed by atoms with Gasteiger partial charge in [-0.2, -0.15) is 0 Å². The number of imide groups is 2. The van der Waals surface area contributed by atoms with Crippen molar-refractivity contribution in [2.45, 2.75) is 32.8 Å². The van der Waals surface area contributed by atoms with Crippen molar-refractivity contribution in [3.05, 3.63) is 29.8 Å². The smallest absolute Gasteiger partial charge is 0.338 e. The number of hydrogen-bond donors (Lipinski definition) is 2. The molecule has 0 aliphatic carbocycles. The predicted octanol–water partition coefficient (Wildman–Crippen LogP) is 0.731. The number of benzene rings is 1. The van der Waals surface area contributed by atoms with Crippen molar-refractivity contribution in [1.29, 1.82) is 0 Å². The van der Waals surface area contributed by atoms with Gasteiger partial charge in [-0.25, -0.2) is 9.59 Å². The van der Waals surface area contributed by atoms with Crippen LogP contribution in [0.3, 0.4) is 0 Å². The van der Waals surface area contributed by atoms with Gasteiger partial charge in [-0.1, -0.05) is 0 Å². The van der Waals surface area contributed by atoms with E-state index in [1.807, 2.05) is 5.32 Å². The molecule has 9 heteroatoms. The quantitative estimate of drug-likeness (QED) is 0.589. The number of carbonyl (C=O) groups excluding carboxylic acids is 5. The van der Waals surface area contributed by atoms with Crippen LogP contribution >= 0.6 is 0 Å². The van der Waals surface area contributed by atoms with Crippen LogP contribution in [0.25, 0.3) is 0 Å². The highest BCUT2D eigenvalue weighted by Crippen LogP contribution is 2.23. The van der Waals surface area contributed by atoms with Gasteiger partial charge in [-0.3, -0.25) is 24.6 Å². The molecular formula is C17H19N3O6. The van der Waals surface area contributed by atoms with Gasteiger partial charge in [0.2, 0.25) is 11.8 Å². The van der Waals surface area contributed by atoms with E-state index in [0.717, 1.165) is 4.90 Å². The Morgan fingerprint density at radius 2 is 1.69 bits per heavy atom. The van der Waals surface area contributed by atoms with Crippen LogP contribution in [0.4, 0.5) is 10.5 Å². The number of anilines is 1. The minimum atomic E-state index is -1.17. The maximum atomic E-state index is 12.1. The van der Waals surface area contributed by atoms with E-state index in [9.17, 15) is 24.0 Å². The molecule has 0 bridgehead atoms. The summed E-state index contributed by atoms with van der Waals surface area (Å²) in [5, 5.41) is 4.43. The number of rotatable bonds is 5. The van der Waals surface area contributed by atoms with Crippen LogP contribution in [0.15, 0.2) is 24.3 Å². The summed E-state index contributed by atoms with van der Waals surface area (Å²) in [4.78, 5) is 59.6. The van der Waals surface area contributed by atoms with Crippen molar-refractivity contribution in [3.8, 4) is 0 Å². The third-order valence-corrected chi connectivity index (χ3v) is 3.64. The molecule has 1 aliphatic heterocycles. The maximum absolute atomic E-state index is 12.1. The second-order valence-electron chi connectivity index (χ2n) is 5.57. The number of ether oxygens (including phenoxy) is 1. The predicted molar refractivity (Wildman–Crippen MR) is 90.3 cm³/mol. The van der Waals surface area contributed by atoms with Crippen LogP contribution in [0.2, 0.25) is 0 Å². The van der Waals surface area contributed by atoms with E-state index in [-0.39, 0.29) is 30.2 Å². The third-order valence-electron chi connectivity index (χ3n) is 3.64. The number of urea groups is 1. The molecule has 1 aliphatic rings. The van der Waals surface area contributed by atoms with Crippen molar-refractivity contribution in [3.63, 3.8) is 0 Å². The number of nitrogens with one attached hydrogen (secondary N) is 2. The van der Waals surface area contributed by atoms with E-state index in [4.69, 9.17) is 4.74 Å². The lowest BCUT2D eigenvalue weighted by molar-refractivity contribution is -0.128. The van der Waals surface area contributed by atoms with E-state index >= 15 is 0 Å². The van der Waals surface area contributed by atoms with Gasteiger partial charge in [0.25, 0.3) is 5.91 Å². The van der Waals surface area contributed by atoms with E-state index < -0.39 is 24.0 Å². The summed E-state index contributed by atoms with van der Waals surface area (Å²) in [7, 11) is 0. The molecule has 1 atom stereocenters. The standard InChI is InChI=1S/C17H19N3O6/c1-3-18-17(25)19-15(23)10(2)26-16(24)11-4-6-12(7-5-11)20-13(21)8-9-14(20)22/h4-7,10H,3,8-9H2,1-2H3,(H2,18,19,23,25). The van der Waals surface area contributed by atoms with E-state index in [1.165, 1.54) is 31.2 Å². The molecule has 1 aromatic carbocycles. The zero-order chi connectivity index (χ0) is 19.3. The number of amides is 5. The van der Waals surface area contributed by atoms with Gasteiger partial charge in [0.1, 0.15) is 0 Å². The van der Waals surface area contributed by atoms with Gasteiger partial charge in [-0.05, 0) is 38.1 Å². The molecule has 2 rings (SSSR count). The Morgan fingerprint density at radius 1 is 1.12 bits per heavy atom. The molecule has 138 valence electrons. The average Bonchev–Trinajstić information content (AvgIpc) is 2.93. The van der Waals surface area contributed by atoms with Gasteiger partial charge < -0.3 is 10.1 Å². The molecule has 0 aromatic heterocycles. The molecule has 5 amide bonds. The van der Waals surface area contributed by atoms with Crippen molar-refractivity contribution in [2.75, 3.05) is 11.4 Å². The van der Waals surface area contributed by atoms with Crippen molar-refractivity contribution >= 4 is 35.4 Å². The molecule has 0 spiro atoms. The second-order valence-corrected chi connectivity index (χ2v) is 5.57. The molecule has 2 N–H and O–H groups in total. The average molecular weight is 361 g/mol. The Balaban J connectivity index is 1.97. The van der Waals surface area contributed by atoms with Crippen LogP contribution in [0, 0.1) is 0 Å². The number of esters is 1. The fourth-order valence-electron chi connectivity index (χ4n) is 2.31. The van der Waals surface area contributed by atoms with Gasteiger partial charge in [0, 0.05) is 19.4 Å². The van der Waals surface area contributed by atoms with Crippen LogP contribution in [-0.4, -0.2) is 42.4 Å². The topological polar surface area (TPSA) is 122 Å². The molecule has 1 unspecified atom stereocenters. The monoisotopic (exact) mass is 361 g/mol. The highest BCUT2D eigenvalue weighted by Gasteiger charge is 2.30. The Labute approximate surface area is 149 Å². The fourth-order valence-corrected chi connectivity index (χ4v) is 2.31. The molecule has 26 heavy (non-hydrogen) atoms. The molecule has 1 aromatic rings. The number of carbonyl (C=O) groups is 5. The third kappa shape index (κ3) is 4.44. The van der Waals surface area contributed by atoms with Crippen molar-refractivity contribution in [2.24, 2.45) is 0 Å². The zero-order valence-corrected chi connectivity index (χ0v) is 14.4. The Kier molecular flexibility index (Phi) is 6.05. The summed E-state index contributed by atoms with van der Waals surface area (Å²) in [6, 6.07) is 5.02. The van der Waals surface area contributed by atoms with Gasteiger partial charge >= 0.3 is 12.0 Å². The Bertz CT molecular complexity index is 727. The van der Waals surface area contributed by atoms with Gasteiger partial charge in [0.15, 0.2) is 6.10 Å². The van der Waals surface area contributed by atoms with E-state index in [0.29, 0.717) is 12.2 Å². The first-order valence-corrected chi connectivity index (χ1v) is 8.09. The summed E-state index contributed by atoms with van der Waals surface area (Å²) >= 11 is 0. The lowest BCUT2D eigenvalue weighted by Gasteiger charge is -2.15. The normalized spacial score (nSPS) is 14.8. The minimum Gasteiger partial charge on any atom is -0.449 e. The van der Waals surface area contributed by atoms with Crippen molar-refractivity contribution in [1.82, 2.24) is 10.6 Å². The van der Waals surface area contributed by atoms with E-state index in [1.54, 1.807) is 6.92 Å². The highest BCUT2D eigenvalue weighted by molar-refractivity contribution is 6.19. The van der Waals surface area contributed by atoms with Crippen LogP contribution < -0.4 is 15.5 Å². The molecule has 9 nitrogen and oxygen atoms in total. The minimum absolute atomic E-state index is 0.144. The first kappa shape index (κ1) is 19.1. The summed E-state index contributed by atoms with van der Waals surface area (Å²) in [5.41, 5.74) is 0.515. The summed E-state index contributed by atoms with van der Waals surface area (Å²) in [6.07, 6.45) is -0.839. The Morgan fingerprint density at radius 3 is 2.23 bits per heavy atom. The molecule has 1 saturated heterocycles. The first-order chi connectivity index (χ1) is 12.3. The van der Waals surface area contributed by atoms with Crippen LogP contribution in [0.5, 0.6) is 0 Å². The Hall–Kier alpha value is -3.23. The van der Waals surface area contributed by atoms with Gasteiger partial charge in [0.05, 0.1) is 11.3 Å². The summed E-state index contributed by atoms with van der Waals surface area (Å²) in [5.74, 6) is -2.11. The largest absolute Gasteiger partial charge is 0.449 e. The maximum Gasteiger partial charge on any atom is 0.338 e. The summed E-state index contributed by atoms with van der Waals surface area (Å²) in [6.45, 7) is 3.38. The first-order valence-electron chi connectivity index (χ1n) is 8.09. The SMILES string of the molecule is CCNC(=O)NC(=O)C(C)OC(=O)c1ccc(N2C(=O)CCC2=O)cc1. The number of nitrogens with zero attached hydrogens (tertiary/aromatic N) is 1. The lowest BCUT2D eigenvalue weighted by atomic mass is 10.2. The summed E-state index contributed by atoms with van der Waals surface area (Å²) < 4.78 is 5.01. The highest BCUT2D eigenvalue weighted by atomic mass is 16.5. The lowest BCUT2D eigenvalue weighted by Crippen LogP contribution is -2.44. The van der Waals surface area contributed by atoms with Crippen LogP contribution in [-0.2, 0) is 19.1 Å². The molecule has 0 saturated carbocycles. The number of hydrogen-bond acceptors (Lipinski definition) is 6. The van der Waals surface area contributed by atoms with Crippen LogP contribution in [0.1, 0.15) is 37.0 Å². The fraction of sp³-hybridized carbons (Fsp3) is 0.353. The zero-order valence-electron chi connectivity index (χ0n) is 14.4. The van der Waals surface area contributed by atoms with Gasteiger partial charge in [-0.15, -0.1) is 0 Å². The van der Waals surface area contributed by atoms with Crippen molar-refractivity contribution < 1.29 is 28.7 Å². The molecule has 0 radical (unpaired) electrons. The van der Waals surface area contributed by atoms with E-state index in [2.05, 4.69) is 5.32 Å². The second kappa shape index (κ2) is 8.24. The molecular weight excluding hydrogens is 342 g/mol.